The Bertz CT molecular complexity index is 178. The van der Waals surface area contributed by atoms with Crippen molar-refractivity contribution in [3.63, 3.8) is 0 Å². The first-order valence-corrected chi connectivity index (χ1v) is 3.63. The van der Waals surface area contributed by atoms with Crippen molar-refractivity contribution in [2.75, 3.05) is 6.61 Å². The summed E-state index contributed by atoms with van der Waals surface area (Å²) in [5, 5.41) is 9.42. The zero-order valence-corrected chi connectivity index (χ0v) is 5.67. The van der Waals surface area contributed by atoms with Crippen LogP contribution >= 0.6 is 0 Å². The van der Waals surface area contributed by atoms with Gasteiger partial charge in [0.05, 0.1) is 6.61 Å². The van der Waals surface area contributed by atoms with Crippen molar-refractivity contribution in [2.24, 2.45) is 5.92 Å². The molecule has 0 aromatic rings. The van der Waals surface area contributed by atoms with Crippen LogP contribution in [0.2, 0.25) is 0 Å². The van der Waals surface area contributed by atoms with Crippen LogP contribution in [0.5, 0.6) is 0 Å². The minimum absolute atomic E-state index is 0.197. The number of carbonyl (C=O) groups excluding carboxylic acids is 1. The molecule has 1 N–H and O–H groups in total. The third-order valence-electron chi connectivity index (χ3n) is 2.36. The number of hydrogen-bond acceptors (Lipinski definition) is 3. The second-order valence-electron chi connectivity index (χ2n) is 3.10. The molecule has 2 fully saturated rings. The molecule has 3 heteroatoms. The van der Waals surface area contributed by atoms with Crippen LogP contribution < -0.4 is 0 Å². The lowest BCUT2D eigenvalue weighted by Crippen LogP contribution is -2.25. The van der Waals surface area contributed by atoms with Gasteiger partial charge in [0.25, 0.3) is 0 Å². The Morgan fingerprint density at radius 3 is 3.30 bits per heavy atom. The monoisotopic (exact) mass is 142 g/mol. The van der Waals surface area contributed by atoms with Crippen LogP contribution in [0.3, 0.4) is 0 Å². The van der Waals surface area contributed by atoms with E-state index < -0.39 is 11.6 Å². The number of aliphatic hydroxyl groups is 1. The van der Waals surface area contributed by atoms with Gasteiger partial charge in [0.2, 0.25) is 0 Å². The summed E-state index contributed by atoms with van der Waals surface area (Å²) in [5.74, 6) is -0.211. The number of fused-ring (bicyclic) bond motifs is 1. The molecule has 0 radical (unpaired) electrons. The Labute approximate surface area is 59.0 Å². The summed E-state index contributed by atoms with van der Waals surface area (Å²) in [6, 6.07) is 0. The summed E-state index contributed by atoms with van der Waals surface area (Å²) in [6.07, 6.45) is 2.45. The Morgan fingerprint density at radius 1 is 1.70 bits per heavy atom. The van der Waals surface area contributed by atoms with Crippen molar-refractivity contribution >= 4 is 5.97 Å². The maximum Gasteiger partial charge on any atom is 0.338 e. The van der Waals surface area contributed by atoms with Gasteiger partial charge in [-0.3, -0.25) is 0 Å². The molecule has 3 nitrogen and oxygen atoms in total. The molecule has 1 aliphatic heterocycles. The lowest BCUT2D eigenvalue weighted by atomic mass is 10.2. The zero-order chi connectivity index (χ0) is 7.19. The summed E-state index contributed by atoms with van der Waals surface area (Å²) >= 11 is 0. The lowest BCUT2D eigenvalue weighted by molar-refractivity contribution is -0.155. The molecule has 0 aromatic carbocycles. The van der Waals surface area contributed by atoms with E-state index in [0.717, 1.165) is 12.8 Å². The first-order chi connectivity index (χ1) is 4.73. The molecule has 0 amide bonds. The zero-order valence-electron chi connectivity index (χ0n) is 5.67. The van der Waals surface area contributed by atoms with Gasteiger partial charge in [0, 0.05) is 5.92 Å². The molecule has 10 heavy (non-hydrogen) atoms. The maximum absolute atomic E-state index is 10.9. The Hall–Kier alpha value is -0.570. The van der Waals surface area contributed by atoms with Crippen LogP contribution in [0.25, 0.3) is 0 Å². The van der Waals surface area contributed by atoms with Gasteiger partial charge >= 0.3 is 5.97 Å². The first-order valence-electron chi connectivity index (χ1n) is 3.63. The van der Waals surface area contributed by atoms with E-state index in [9.17, 15) is 9.90 Å². The number of cyclic esters (lactones) is 1. The van der Waals surface area contributed by atoms with E-state index in [1.807, 2.05) is 0 Å². The smallest absolute Gasteiger partial charge is 0.338 e. The van der Waals surface area contributed by atoms with Crippen molar-refractivity contribution in [1.82, 2.24) is 0 Å². The highest BCUT2D eigenvalue weighted by Gasteiger charge is 2.60. The van der Waals surface area contributed by atoms with Crippen molar-refractivity contribution in [3.8, 4) is 0 Å². The largest absolute Gasteiger partial charge is 0.464 e. The highest BCUT2D eigenvalue weighted by atomic mass is 16.6. The average molecular weight is 142 g/mol. The highest BCUT2D eigenvalue weighted by molar-refractivity contribution is 5.83. The molecular weight excluding hydrogens is 132 g/mol. The van der Waals surface area contributed by atoms with E-state index in [1.165, 1.54) is 0 Å². The molecule has 2 atom stereocenters. The summed E-state index contributed by atoms with van der Waals surface area (Å²) < 4.78 is 4.77. The average Bonchev–Trinajstić information content (AvgIpc) is 2.55. The fraction of sp³-hybridized carbons (Fsp3) is 0.857. The van der Waals surface area contributed by atoms with Crippen LogP contribution in [-0.2, 0) is 9.53 Å². The van der Waals surface area contributed by atoms with Gasteiger partial charge in [0.15, 0.2) is 5.60 Å². The van der Waals surface area contributed by atoms with E-state index in [0.29, 0.717) is 13.0 Å². The number of ether oxygens (including phenoxy) is 1. The molecule has 1 aliphatic carbocycles. The fourth-order valence-corrected chi connectivity index (χ4v) is 1.53. The normalized spacial score (nSPS) is 45.3. The summed E-state index contributed by atoms with van der Waals surface area (Å²) in [4.78, 5) is 10.9. The van der Waals surface area contributed by atoms with Crippen LogP contribution in [0, 0.1) is 5.92 Å². The molecule has 2 aliphatic rings. The van der Waals surface area contributed by atoms with Gasteiger partial charge in [-0.05, 0) is 19.3 Å². The number of esters is 1. The standard InChI is InChI=1S/C7H10O3/c8-6-7(9)4-5(7)2-1-3-10-6/h5,9H,1-4H2/t5-,7-/m0/s1. The number of carbonyl (C=O) groups is 1. The second kappa shape index (κ2) is 1.72. The van der Waals surface area contributed by atoms with Gasteiger partial charge < -0.3 is 9.84 Å². The van der Waals surface area contributed by atoms with Gasteiger partial charge in [0.1, 0.15) is 0 Å². The van der Waals surface area contributed by atoms with Crippen LogP contribution in [0.1, 0.15) is 19.3 Å². The highest BCUT2D eigenvalue weighted by Crippen LogP contribution is 2.48. The lowest BCUT2D eigenvalue weighted by Gasteiger charge is -2.04. The summed E-state index contributed by atoms with van der Waals surface area (Å²) in [7, 11) is 0. The van der Waals surface area contributed by atoms with E-state index in [1.54, 1.807) is 0 Å². The predicted octanol–water partition coefficient (Wildman–Crippen LogP) is 0.0744. The third-order valence-corrected chi connectivity index (χ3v) is 2.36. The quantitative estimate of drug-likeness (QED) is 0.487. The Kier molecular flexibility index (Phi) is 1.06. The Morgan fingerprint density at radius 2 is 2.50 bits per heavy atom. The van der Waals surface area contributed by atoms with Crippen molar-refractivity contribution in [2.45, 2.75) is 24.9 Å². The number of rotatable bonds is 0. The number of hydrogen-bond donors (Lipinski definition) is 1. The predicted molar refractivity (Wildman–Crippen MR) is 33.2 cm³/mol. The summed E-state index contributed by atoms with van der Waals surface area (Å²) in [6.45, 7) is 0.484. The summed E-state index contributed by atoms with van der Waals surface area (Å²) in [5.41, 5.74) is -1.07. The fourth-order valence-electron chi connectivity index (χ4n) is 1.53. The molecule has 0 unspecified atom stereocenters. The molecule has 2 rings (SSSR count). The van der Waals surface area contributed by atoms with E-state index >= 15 is 0 Å². The van der Waals surface area contributed by atoms with Crippen molar-refractivity contribution < 1.29 is 14.6 Å². The molecule has 0 bridgehead atoms. The van der Waals surface area contributed by atoms with Crippen LogP contribution in [0.15, 0.2) is 0 Å². The van der Waals surface area contributed by atoms with E-state index in [4.69, 9.17) is 4.74 Å². The minimum atomic E-state index is -1.07. The molecule has 1 saturated heterocycles. The van der Waals surface area contributed by atoms with E-state index in [2.05, 4.69) is 0 Å². The van der Waals surface area contributed by atoms with Gasteiger partial charge in [-0.2, -0.15) is 0 Å². The molecule has 0 spiro atoms. The maximum atomic E-state index is 10.9. The van der Waals surface area contributed by atoms with Gasteiger partial charge in [-0.1, -0.05) is 0 Å². The minimum Gasteiger partial charge on any atom is -0.464 e. The topological polar surface area (TPSA) is 46.5 Å². The van der Waals surface area contributed by atoms with Crippen molar-refractivity contribution in [3.05, 3.63) is 0 Å². The molecule has 1 saturated carbocycles. The second-order valence-corrected chi connectivity index (χ2v) is 3.10. The first kappa shape index (κ1) is 6.16. The van der Waals surface area contributed by atoms with Gasteiger partial charge in [-0.15, -0.1) is 0 Å². The molecule has 56 valence electrons. The van der Waals surface area contributed by atoms with E-state index in [-0.39, 0.29) is 5.92 Å². The molecular formula is C7H10O3. The molecule has 1 heterocycles. The Balaban J connectivity index is 2.15. The van der Waals surface area contributed by atoms with Gasteiger partial charge in [-0.25, -0.2) is 4.79 Å². The third kappa shape index (κ3) is 0.669. The van der Waals surface area contributed by atoms with Crippen molar-refractivity contribution in [1.29, 1.82) is 0 Å². The SMILES string of the molecule is O=C1OCCC[C@H]2C[C@@]12O. The molecule has 0 aromatic heterocycles. The van der Waals surface area contributed by atoms with Crippen LogP contribution in [0.4, 0.5) is 0 Å². The van der Waals surface area contributed by atoms with Crippen LogP contribution in [-0.4, -0.2) is 23.3 Å².